The average molecular weight is 901 g/mol. The molecule has 4 N–H and O–H groups in total. The number of carbonyl (C=O) groups is 4. The van der Waals surface area contributed by atoms with E-state index >= 15 is 0 Å². The molecule has 3 rings (SSSR count). The van der Waals surface area contributed by atoms with E-state index in [1.807, 2.05) is 12.1 Å². The summed E-state index contributed by atoms with van der Waals surface area (Å²) in [5, 5.41) is 22.4. The lowest BCUT2D eigenvalue weighted by molar-refractivity contribution is -0.143. The Morgan fingerprint density at radius 1 is 0.571 bits per heavy atom. The smallest absolute Gasteiger partial charge is 0.329 e. The van der Waals surface area contributed by atoms with Crippen LogP contribution in [0.15, 0.2) is 65.8 Å². The first-order chi connectivity index (χ1) is 30.5. The Balaban J connectivity index is 1.21. The van der Waals surface area contributed by atoms with Crippen molar-refractivity contribution in [2.45, 2.75) is 101 Å². The highest BCUT2D eigenvalue weighted by Gasteiger charge is 2.18. The van der Waals surface area contributed by atoms with Gasteiger partial charge < -0.3 is 44.5 Å². The van der Waals surface area contributed by atoms with E-state index in [4.69, 9.17) is 33.9 Å². The van der Waals surface area contributed by atoms with Gasteiger partial charge in [-0.1, -0.05) is 82.1 Å². The van der Waals surface area contributed by atoms with Gasteiger partial charge in [0.25, 0.3) is 5.91 Å². The van der Waals surface area contributed by atoms with Crippen LogP contribution in [0, 0.1) is 0 Å². The van der Waals surface area contributed by atoms with Gasteiger partial charge in [0, 0.05) is 31.9 Å². The summed E-state index contributed by atoms with van der Waals surface area (Å²) in [6.45, 7) is 1.34. The van der Waals surface area contributed by atoms with Crippen LogP contribution in [0.25, 0.3) is 0 Å². The van der Waals surface area contributed by atoms with Gasteiger partial charge in [0.15, 0.2) is 9.84 Å². The molecule has 18 heteroatoms. The Morgan fingerprint density at radius 2 is 1.10 bits per heavy atom. The van der Waals surface area contributed by atoms with Gasteiger partial charge in [0.1, 0.15) is 37.1 Å². The molecule has 1 heterocycles. The van der Waals surface area contributed by atoms with Gasteiger partial charge in [-0.3, -0.25) is 14.4 Å². The van der Waals surface area contributed by atoms with Crippen molar-refractivity contribution >= 4 is 33.6 Å². The molecule has 2 aromatic carbocycles. The minimum atomic E-state index is -3.75. The number of amides is 2. The number of rotatable bonds is 37. The average Bonchev–Trinajstić information content (AvgIpc) is 3.26. The topological polar surface area (TPSA) is 239 Å². The Bertz CT molecular complexity index is 1860. The molecule has 63 heavy (non-hydrogen) atoms. The molecule has 0 saturated carbocycles. The van der Waals surface area contributed by atoms with E-state index in [-0.39, 0.29) is 94.6 Å². The number of sulfone groups is 1. The summed E-state index contributed by atoms with van der Waals surface area (Å²) in [5.74, 6) is -2.17. The lowest BCUT2D eigenvalue weighted by Gasteiger charge is -2.09. The number of carboxylic acid groups (broad SMARTS) is 2. The Kier molecular flexibility index (Phi) is 26.4. The number of aryl methyl sites for hydroxylation is 1. The maximum atomic E-state index is 13.1. The minimum absolute atomic E-state index is 0.0544. The summed E-state index contributed by atoms with van der Waals surface area (Å²) in [6, 6.07) is 14.6. The molecule has 0 spiro atoms. The standard InChI is InChI=1S/C45H64N4O13S/c50-42(46-22-24-58-27-29-61-34-44(53)54)33-60-28-26-59-25-23-47-45(55)38-30-48-41(49-31-38)35-63(56,57)40-20-16-37(17-21-40)32-62-39-18-14-36(15-19-39)12-10-8-6-4-2-1-3-5-7-9-11-13-43(51)52/h14-21,30-31H,1-13,22-29,32-35H2,(H,46,50)(H,47,55)(H,51,52)(H,53,54). The number of carbonyl (C=O) groups excluding carboxylic acids is 2. The second kappa shape index (κ2) is 31.8. The fourth-order valence-corrected chi connectivity index (χ4v) is 7.33. The number of hydrogen-bond donors (Lipinski definition) is 4. The SMILES string of the molecule is O=C(O)CCCCCCCCCCCCCc1ccc(OCc2ccc(S(=O)(=O)Cc3ncc(C(=O)NCCOCCOCC(=O)NCCOCCOCC(=O)O)cn3)cc2)cc1. The lowest BCUT2D eigenvalue weighted by atomic mass is 10.0. The molecule has 0 aliphatic rings. The zero-order valence-electron chi connectivity index (χ0n) is 36.1. The van der Waals surface area contributed by atoms with Gasteiger partial charge in [-0.05, 0) is 54.7 Å². The molecule has 0 radical (unpaired) electrons. The summed E-state index contributed by atoms with van der Waals surface area (Å²) < 4.78 is 52.8. The summed E-state index contributed by atoms with van der Waals surface area (Å²) in [4.78, 5) is 53.5. The lowest BCUT2D eigenvalue weighted by Crippen LogP contribution is -2.31. The van der Waals surface area contributed by atoms with E-state index in [2.05, 4.69) is 32.7 Å². The third-order valence-electron chi connectivity index (χ3n) is 9.56. The van der Waals surface area contributed by atoms with E-state index in [1.165, 1.54) is 75.0 Å². The molecule has 0 fully saturated rings. The molecule has 0 bridgehead atoms. The number of ether oxygens (including phenoxy) is 5. The highest BCUT2D eigenvalue weighted by atomic mass is 32.2. The van der Waals surface area contributed by atoms with Crippen molar-refractivity contribution in [3.63, 3.8) is 0 Å². The third-order valence-corrected chi connectivity index (χ3v) is 11.2. The van der Waals surface area contributed by atoms with Gasteiger partial charge in [0.05, 0.1) is 50.1 Å². The van der Waals surface area contributed by atoms with Gasteiger partial charge in [-0.2, -0.15) is 0 Å². The monoisotopic (exact) mass is 900 g/mol. The number of nitrogens with one attached hydrogen (secondary N) is 2. The number of aromatic nitrogens is 2. The normalized spacial score (nSPS) is 11.3. The highest BCUT2D eigenvalue weighted by molar-refractivity contribution is 7.90. The second-order valence-corrected chi connectivity index (χ2v) is 16.8. The van der Waals surface area contributed by atoms with Gasteiger partial charge in [-0.25, -0.2) is 23.2 Å². The zero-order valence-corrected chi connectivity index (χ0v) is 37.0. The van der Waals surface area contributed by atoms with Crippen molar-refractivity contribution in [2.24, 2.45) is 0 Å². The highest BCUT2D eigenvalue weighted by Crippen LogP contribution is 2.20. The quantitative estimate of drug-likeness (QED) is 0.0535. The molecule has 0 unspecified atom stereocenters. The summed E-state index contributed by atoms with van der Waals surface area (Å²) >= 11 is 0. The van der Waals surface area contributed by atoms with Crippen LogP contribution in [0.4, 0.5) is 0 Å². The second-order valence-electron chi connectivity index (χ2n) is 14.8. The number of hydrogen-bond acceptors (Lipinski definition) is 13. The van der Waals surface area contributed by atoms with Gasteiger partial charge in [-0.15, -0.1) is 0 Å². The number of benzene rings is 2. The van der Waals surface area contributed by atoms with E-state index in [0.717, 1.165) is 43.4 Å². The number of unbranched alkanes of at least 4 members (excludes halogenated alkanes) is 10. The van der Waals surface area contributed by atoms with E-state index in [1.54, 1.807) is 12.1 Å². The minimum Gasteiger partial charge on any atom is -0.489 e. The maximum absolute atomic E-state index is 13.1. The fourth-order valence-electron chi connectivity index (χ4n) is 6.12. The van der Waals surface area contributed by atoms with E-state index < -0.39 is 40.0 Å². The Labute approximate surface area is 370 Å². The van der Waals surface area contributed by atoms with Crippen LogP contribution < -0.4 is 15.4 Å². The largest absolute Gasteiger partial charge is 0.489 e. The molecule has 0 aliphatic heterocycles. The van der Waals surface area contributed by atoms with Crippen molar-refractivity contribution < 1.29 is 61.5 Å². The number of carboxylic acids is 2. The van der Waals surface area contributed by atoms with Gasteiger partial charge >= 0.3 is 11.9 Å². The Morgan fingerprint density at radius 3 is 1.68 bits per heavy atom. The molecule has 0 saturated heterocycles. The van der Waals surface area contributed by atoms with Crippen LogP contribution in [-0.4, -0.2) is 118 Å². The Hall–Kier alpha value is -5.01. The molecular formula is C45H64N4O13S. The van der Waals surface area contributed by atoms with Gasteiger partial charge in [0.2, 0.25) is 5.91 Å². The van der Waals surface area contributed by atoms with Crippen molar-refractivity contribution in [1.82, 2.24) is 20.6 Å². The van der Waals surface area contributed by atoms with Crippen molar-refractivity contribution in [3.05, 3.63) is 83.4 Å². The fraction of sp³-hybridized carbons (Fsp3) is 0.556. The van der Waals surface area contributed by atoms with E-state index in [0.29, 0.717) is 0 Å². The summed E-state index contributed by atoms with van der Waals surface area (Å²) in [6.07, 6.45) is 16.6. The van der Waals surface area contributed by atoms with Crippen LogP contribution in [0.5, 0.6) is 5.75 Å². The number of aliphatic carboxylic acids is 2. The van der Waals surface area contributed by atoms with Crippen LogP contribution in [-0.2, 0) is 61.9 Å². The van der Waals surface area contributed by atoms with Crippen LogP contribution >= 0.6 is 0 Å². The maximum Gasteiger partial charge on any atom is 0.329 e. The molecule has 2 amide bonds. The van der Waals surface area contributed by atoms with Crippen molar-refractivity contribution in [2.75, 3.05) is 65.9 Å². The summed E-state index contributed by atoms with van der Waals surface area (Å²) in [7, 11) is -3.75. The van der Waals surface area contributed by atoms with Crippen molar-refractivity contribution in [1.29, 1.82) is 0 Å². The first-order valence-electron chi connectivity index (χ1n) is 21.7. The molecular weight excluding hydrogens is 837 g/mol. The predicted molar refractivity (Wildman–Crippen MR) is 233 cm³/mol. The molecule has 17 nitrogen and oxygen atoms in total. The van der Waals surface area contributed by atoms with Crippen LogP contribution in [0.2, 0.25) is 0 Å². The molecule has 1 aromatic heterocycles. The first kappa shape index (κ1) is 52.3. The molecule has 0 atom stereocenters. The third kappa shape index (κ3) is 25.0. The van der Waals surface area contributed by atoms with E-state index in [9.17, 15) is 27.6 Å². The number of nitrogens with zero attached hydrogens (tertiary/aromatic N) is 2. The molecule has 348 valence electrons. The molecule has 3 aromatic rings. The van der Waals surface area contributed by atoms with Crippen molar-refractivity contribution in [3.8, 4) is 5.75 Å². The van der Waals surface area contributed by atoms with Crippen LogP contribution in [0.1, 0.15) is 104 Å². The summed E-state index contributed by atoms with van der Waals surface area (Å²) in [5.41, 5.74) is 2.25. The molecule has 0 aliphatic carbocycles. The van der Waals surface area contributed by atoms with Crippen LogP contribution in [0.3, 0.4) is 0 Å². The first-order valence-corrected chi connectivity index (χ1v) is 23.3. The zero-order chi connectivity index (χ0) is 45.4. The predicted octanol–water partition coefficient (Wildman–Crippen LogP) is 5.33.